The number of hydrogen-bond donors (Lipinski definition) is 1. The molecule has 1 atom stereocenters. The molecule has 3 rings (SSSR count). The van der Waals surface area contributed by atoms with E-state index >= 15 is 0 Å². The molecular weight excluding hydrogens is 368 g/mol. The number of amides is 1. The summed E-state index contributed by atoms with van der Waals surface area (Å²) in [6.45, 7) is 1.35. The van der Waals surface area contributed by atoms with Gasteiger partial charge in [-0.2, -0.15) is 0 Å². The highest BCUT2D eigenvalue weighted by atomic mass is 16.6. The molecule has 0 bridgehead atoms. The number of ether oxygens (including phenoxy) is 2. The number of hydrogen-bond acceptors (Lipinski definition) is 7. The average Bonchev–Trinajstić information content (AvgIpc) is 3.12. The van der Waals surface area contributed by atoms with Gasteiger partial charge in [0.1, 0.15) is 17.0 Å². The van der Waals surface area contributed by atoms with Crippen LogP contribution in [0.25, 0.3) is 11.0 Å². The van der Waals surface area contributed by atoms with Crippen LogP contribution in [-0.4, -0.2) is 30.0 Å². The van der Waals surface area contributed by atoms with Crippen molar-refractivity contribution in [1.82, 2.24) is 0 Å². The van der Waals surface area contributed by atoms with Crippen molar-refractivity contribution in [2.75, 3.05) is 12.4 Å². The van der Waals surface area contributed by atoms with Crippen LogP contribution in [0.2, 0.25) is 0 Å². The van der Waals surface area contributed by atoms with Crippen LogP contribution in [0.4, 0.5) is 11.4 Å². The maximum absolute atomic E-state index is 12.3. The molecule has 1 amide bonds. The number of rotatable bonds is 6. The number of fused-ring (bicyclic) bond motifs is 1. The van der Waals surface area contributed by atoms with Gasteiger partial charge in [-0.25, -0.2) is 4.79 Å². The quantitative estimate of drug-likeness (QED) is 0.392. The monoisotopic (exact) mass is 384 g/mol. The van der Waals surface area contributed by atoms with E-state index < -0.39 is 22.9 Å². The largest absolute Gasteiger partial charge is 0.496 e. The Kier molecular flexibility index (Phi) is 5.25. The number of nitrogens with one attached hydrogen (secondary N) is 1. The molecule has 0 aliphatic carbocycles. The molecule has 1 N–H and O–H groups in total. The molecule has 3 aromatic rings. The topological polar surface area (TPSA) is 121 Å². The first-order chi connectivity index (χ1) is 13.4. The molecule has 2 aromatic carbocycles. The number of carbonyl (C=O) groups is 2. The zero-order valence-corrected chi connectivity index (χ0v) is 15.0. The molecule has 0 fully saturated rings. The Morgan fingerprint density at radius 3 is 2.61 bits per heavy atom. The van der Waals surface area contributed by atoms with Gasteiger partial charge in [0, 0.05) is 5.39 Å². The summed E-state index contributed by atoms with van der Waals surface area (Å²) in [7, 11) is 1.37. The third kappa shape index (κ3) is 3.93. The lowest BCUT2D eigenvalue weighted by Crippen LogP contribution is -2.30. The molecule has 0 spiro atoms. The lowest BCUT2D eigenvalue weighted by molar-refractivity contribution is -0.384. The van der Waals surface area contributed by atoms with Crippen molar-refractivity contribution in [2.45, 2.75) is 13.0 Å². The summed E-state index contributed by atoms with van der Waals surface area (Å²) in [5, 5.41) is 14.3. The van der Waals surface area contributed by atoms with Gasteiger partial charge in [-0.15, -0.1) is 0 Å². The van der Waals surface area contributed by atoms with Gasteiger partial charge >= 0.3 is 5.97 Å². The van der Waals surface area contributed by atoms with Crippen LogP contribution in [-0.2, 0) is 9.53 Å². The fourth-order valence-electron chi connectivity index (χ4n) is 2.48. The van der Waals surface area contributed by atoms with Gasteiger partial charge in [0.2, 0.25) is 5.76 Å². The zero-order chi connectivity index (χ0) is 20.3. The van der Waals surface area contributed by atoms with E-state index in [1.807, 2.05) is 0 Å². The van der Waals surface area contributed by atoms with E-state index in [1.54, 1.807) is 24.3 Å². The van der Waals surface area contributed by atoms with Crippen molar-refractivity contribution in [3.63, 3.8) is 0 Å². The van der Waals surface area contributed by atoms with Crippen molar-refractivity contribution < 1.29 is 28.4 Å². The van der Waals surface area contributed by atoms with E-state index in [4.69, 9.17) is 13.9 Å². The lowest BCUT2D eigenvalue weighted by Gasteiger charge is -2.13. The van der Waals surface area contributed by atoms with Crippen LogP contribution in [0.1, 0.15) is 17.5 Å². The summed E-state index contributed by atoms with van der Waals surface area (Å²) >= 11 is 0. The minimum Gasteiger partial charge on any atom is -0.496 e. The Balaban J connectivity index is 1.71. The summed E-state index contributed by atoms with van der Waals surface area (Å²) in [6.07, 6.45) is -1.21. The number of furan rings is 1. The molecule has 0 radical (unpaired) electrons. The van der Waals surface area contributed by atoms with Crippen LogP contribution in [0.15, 0.2) is 52.9 Å². The maximum Gasteiger partial charge on any atom is 0.375 e. The second-order valence-electron chi connectivity index (χ2n) is 5.83. The average molecular weight is 384 g/mol. The smallest absolute Gasteiger partial charge is 0.375 e. The first-order valence-electron chi connectivity index (χ1n) is 8.22. The Morgan fingerprint density at radius 1 is 1.18 bits per heavy atom. The van der Waals surface area contributed by atoms with Gasteiger partial charge in [0.05, 0.1) is 18.1 Å². The molecule has 9 nitrogen and oxygen atoms in total. The first-order valence-corrected chi connectivity index (χ1v) is 8.22. The molecule has 0 aliphatic heterocycles. The molecule has 0 unspecified atom stereocenters. The Bertz CT molecular complexity index is 1020. The van der Waals surface area contributed by atoms with Gasteiger partial charge in [-0.3, -0.25) is 14.9 Å². The summed E-state index contributed by atoms with van der Waals surface area (Å²) in [6, 6.07) is 12.5. The van der Waals surface area contributed by atoms with E-state index in [-0.39, 0.29) is 22.9 Å². The number of nitro benzene ring substituents is 1. The second kappa shape index (κ2) is 7.78. The van der Waals surface area contributed by atoms with Gasteiger partial charge in [-0.1, -0.05) is 18.2 Å². The summed E-state index contributed by atoms with van der Waals surface area (Å²) in [5.74, 6) is -1.31. The number of nitrogens with zero attached hydrogens (tertiary/aromatic N) is 1. The summed E-state index contributed by atoms with van der Waals surface area (Å²) in [4.78, 5) is 35.1. The highest BCUT2D eigenvalue weighted by Gasteiger charge is 2.24. The SMILES string of the molecule is COc1ccc(NC(=O)[C@H](C)OC(=O)c2cc3ccccc3o2)c([N+](=O)[O-])c1. The molecule has 9 heteroatoms. The molecule has 28 heavy (non-hydrogen) atoms. The number of methoxy groups -OCH3 is 1. The third-order valence-electron chi connectivity index (χ3n) is 3.94. The van der Waals surface area contributed by atoms with E-state index in [2.05, 4.69) is 5.32 Å². The van der Waals surface area contributed by atoms with Gasteiger partial charge in [-0.05, 0) is 31.2 Å². The number of esters is 1. The molecule has 1 heterocycles. The van der Waals surface area contributed by atoms with Crippen LogP contribution in [0.3, 0.4) is 0 Å². The molecule has 0 saturated carbocycles. The molecular formula is C19H16N2O7. The fourth-order valence-corrected chi connectivity index (χ4v) is 2.48. The third-order valence-corrected chi connectivity index (χ3v) is 3.94. The van der Waals surface area contributed by atoms with Gasteiger partial charge in [0.25, 0.3) is 11.6 Å². The Morgan fingerprint density at radius 2 is 1.93 bits per heavy atom. The van der Waals surface area contributed by atoms with Crippen LogP contribution in [0, 0.1) is 10.1 Å². The predicted molar refractivity (Wildman–Crippen MR) is 99.4 cm³/mol. The van der Waals surface area contributed by atoms with E-state index in [0.717, 1.165) is 5.39 Å². The number of para-hydroxylation sites is 1. The molecule has 0 saturated heterocycles. The summed E-state index contributed by atoms with van der Waals surface area (Å²) < 4.78 is 15.4. The molecule has 0 aliphatic rings. The van der Waals surface area contributed by atoms with Crippen LogP contribution >= 0.6 is 0 Å². The standard InChI is InChI=1S/C19H16N2O7/c1-11(27-19(23)17-9-12-5-3-4-6-16(12)28-17)18(22)20-14-8-7-13(26-2)10-15(14)21(24)25/h3-11H,1-2H3,(H,20,22)/t11-/m0/s1. The normalized spacial score (nSPS) is 11.6. The van der Waals surface area contributed by atoms with Crippen LogP contribution < -0.4 is 10.1 Å². The highest BCUT2D eigenvalue weighted by Crippen LogP contribution is 2.29. The first kappa shape index (κ1) is 18.9. The van der Waals surface area contributed by atoms with Crippen molar-refractivity contribution >= 4 is 34.2 Å². The van der Waals surface area contributed by atoms with E-state index in [0.29, 0.717) is 5.58 Å². The van der Waals surface area contributed by atoms with Crippen molar-refractivity contribution in [3.05, 3.63) is 64.4 Å². The fraction of sp³-hybridized carbons (Fsp3) is 0.158. The zero-order valence-electron chi connectivity index (χ0n) is 15.0. The number of nitro groups is 1. The van der Waals surface area contributed by atoms with Crippen molar-refractivity contribution in [1.29, 1.82) is 0 Å². The van der Waals surface area contributed by atoms with Crippen molar-refractivity contribution in [3.8, 4) is 5.75 Å². The summed E-state index contributed by atoms with van der Waals surface area (Å²) in [5.41, 5.74) is 0.131. The number of carbonyl (C=O) groups excluding carboxylic acids is 2. The van der Waals surface area contributed by atoms with Gasteiger partial charge in [0.15, 0.2) is 6.10 Å². The minimum atomic E-state index is -1.21. The highest BCUT2D eigenvalue weighted by molar-refractivity contribution is 5.99. The Hall–Kier alpha value is -3.88. The van der Waals surface area contributed by atoms with Crippen molar-refractivity contribution in [2.24, 2.45) is 0 Å². The molecule has 1 aromatic heterocycles. The Labute approximate surface area is 159 Å². The molecule has 144 valence electrons. The maximum atomic E-state index is 12.3. The van der Waals surface area contributed by atoms with E-state index in [1.165, 1.54) is 38.3 Å². The number of anilines is 1. The lowest BCUT2D eigenvalue weighted by atomic mass is 10.2. The second-order valence-corrected chi connectivity index (χ2v) is 5.83. The van der Waals surface area contributed by atoms with Gasteiger partial charge < -0.3 is 19.2 Å². The predicted octanol–water partition coefficient (Wildman–Crippen LogP) is 3.53. The number of benzene rings is 2. The minimum absolute atomic E-state index is 0.0394. The van der Waals surface area contributed by atoms with Crippen LogP contribution in [0.5, 0.6) is 5.75 Å². The van der Waals surface area contributed by atoms with E-state index in [9.17, 15) is 19.7 Å².